The number of hydrogen-bond donors (Lipinski definition) is 0. The van der Waals surface area contributed by atoms with E-state index in [0.29, 0.717) is 0 Å². The Morgan fingerprint density at radius 3 is 2.14 bits per heavy atom. The number of rotatable bonds is 2. The van der Waals surface area contributed by atoms with Crippen LogP contribution in [0.5, 0.6) is 0 Å². The van der Waals surface area contributed by atoms with Gasteiger partial charge in [-0.15, -0.1) is 11.3 Å². The van der Waals surface area contributed by atoms with Crippen molar-refractivity contribution in [2.45, 2.75) is 19.3 Å². The van der Waals surface area contributed by atoms with E-state index in [4.69, 9.17) is 9.97 Å². The van der Waals surface area contributed by atoms with Crippen molar-refractivity contribution in [2.75, 3.05) is 0 Å². The van der Waals surface area contributed by atoms with Crippen molar-refractivity contribution >= 4 is 91.2 Å². The summed E-state index contributed by atoms with van der Waals surface area (Å²) in [5, 5.41) is 12.7. The van der Waals surface area contributed by atoms with Crippen LogP contribution in [0.2, 0.25) is 0 Å². The standard InChI is InChI=1S/C47H29N3S/c1-2-12-28-23-32(22-21-27(28)11-1)43-47(49-44-33-16-6-5-15-31(33)25-38(44)48-43)50-39-20-10-9-19-36(39)41-34-17-7-8-18-35(34)42-37-24-29-13-3-4-14-30(29)26-40(37)51-46(42)45(41)50/h1-5,7-15,17-24,26H,6,16,25H2. The highest BCUT2D eigenvalue weighted by Crippen LogP contribution is 2.49. The average molecular weight is 668 g/mol. The molecule has 0 radical (unpaired) electrons. The van der Waals surface area contributed by atoms with Gasteiger partial charge in [0.2, 0.25) is 0 Å². The Morgan fingerprint density at radius 2 is 1.29 bits per heavy atom. The summed E-state index contributed by atoms with van der Waals surface area (Å²) in [6, 6.07) is 46.7. The van der Waals surface area contributed by atoms with Gasteiger partial charge in [-0.3, -0.25) is 4.57 Å². The number of fused-ring (bicyclic) bond motifs is 14. The molecule has 0 bridgehead atoms. The zero-order valence-electron chi connectivity index (χ0n) is 27.7. The minimum absolute atomic E-state index is 0.834. The summed E-state index contributed by atoms with van der Waals surface area (Å²) in [5.41, 5.74) is 9.26. The SMILES string of the molecule is C1=CC2=C(CC1)c1nc(-n3c4ccccc4c4c5ccccc5c5c6cc7ccccc7cc6sc5c43)c(-c3ccc4ccccc4c3)nc1C2. The number of allylic oxidation sites excluding steroid dienone is 4. The first-order valence-corrected chi connectivity index (χ1v) is 18.6. The van der Waals surface area contributed by atoms with E-state index in [1.807, 2.05) is 11.3 Å². The van der Waals surface area contributed by atoms with Crippen LogP contribution in [0.25, 0.3) is 96.9 Å². The van der Waals surface area contributed by atoms with Crippen molar-refractivity contribution in [3.8, 4) is 17.1 Å². The van der Waals surface area contributed by atoms with Crippen molar-refractivity contribution in [1.82, 2.24) is 14.5 Å². The van der Waals surface area contributed by atoms with Crippen LogP contribution in [-0.2, 0) is 6.42 Å². The van der Waals surface area contributed by atoms with Crippen molar-refractivity contribution in [3.05, 3.63) is 157 Å². The minimum Gasteiger partial charge on any atom is -0.290 e. The Kier molecular flexibility index (Phi) is 5.55. The lowest BCUT2D eigenvalue weighted by Gasteiger charge is -2.16. The zero-order valence-corrected chi connectivity index (χ0v) is 28.5. The molecule has 0 atom stereocenters. The third-order valence-corrected chi connectivity index (χ3v) is 12.4. The molecule has 3 aromatic heterocycles. The first-order valence-electron chi connectivity index (χ1n) is 17.8. The number of para-hydroxylation sites is 1. The van der Waals surface area contributed by atoms with Crippen molar-refractivity contribution in [2.24, 2.45) is 0 Å². The summed E-state index contributed by atoms with van der Waals surface area (Å²) in [4.78, 5) is 11.3. The van der Waals surface area contributed by atoms with Crippen LogP contribution < -0.4 is 0 Å². The molecule has 0 saturated carbocycles. The molecule has 0 N–H and O–H groups in total. The summed E-state index contributed by atoms with van der Waals surface area (Å²) in [5.74, 6) is 0.901. The molecule has 3 nitrogen and oxygen atoms in total. The maximum absolute atomic E-state index is 5.74. The van der Waals surface area contributed by atoms with Crippen LogP contribution in [0.15, 0.2) is 145 Å². The summed E-state index contributed by atoms with van der Waals surface area (Å²) < 4.78 is 5.05. The predicted molar refractivity (Wildman–Crippen MR) is 216 cm³/mol. The van der Waals surface area contributed by atoms with E-state index in [-0.39, 0.29) is 0 Å². The summed E-state index contributed by atoms with van der Waals surface area (Å²) >= 11 is 1.90. The van der Waals surface area contributed by atoms with E-state index < -0.39 is 0 Å². The lowest BCUT2D eigenvalue weighted by atomic mass is 9.98. The molecule has 0 amide bonds. The predicted octanol–water partition coefficient (Wildman–Crippen LogP) is 12.7. The molecule has 0 unspecified atom stereocenters. The van der Waals surface area contributed by atoms with Gasteiger partial charge in [-0.25, -0.2) is 9.97 Å². The number of benzene rings is 7. The third kappa shape index (κ3) is 3.83. The van der Waals surface area contributed by atoms with Crippen LogP contribution >= 0.6 is 11.3 Å². The molecule has 10 aromatic rings. The molecule has 238 valence electrons. The zero-order chi connectivity index (χ0) is 33.2. The van der Waals surface area contributed by atoms with E-state index in [9.17, 15) is 0 Å². The van der Waals surface area contributed by atoms with Crippen molar-refractivity contribution in [1.29, 1.82) is 0 Å². The maximum Gasteiger partial charge on any atom is 0.165 e. The minimum atomic E-state index is 0.834. The van der Waals surface area contributed by atoms with Gasteiger partial charge in [0, 0.05) is 38.2 Å². The van der Waals surface area contributed by atoms with Crippen molar-refractivity contribution in [3.63, 3.8) is 0 Å². The molecule has 2 aliphatic carbocycles. The van der Waals surface area contributed by atoms with E-state index in [2.05, 4.69) is 144 Å². The highest BCUT2D eigenvalue weighted by molar-refractivity contribution is 7.27. The lowest BCUT2D eigenvalue weighted by molar-refractivity contribution is 0.988. The Hall–Kier alpha value is -6.10. The Labute approximate surface area is 297 Å². The Morgan fingerprint density at radius 1 is 0.588 bits per heavy atom. The van der Waals surface area contributed by atoms with Crippen LogP contribution in [0, 0.1) is 0 Å². The fraction of sp³-hybridized carbons (Fsp3) is 0.0638. The lowest BCUT2D eigenvalue weighted by Crippen LogP contribution is -2.07. The number of nitrogens with zero attached hydrogens (tertiary/aromatic N) is 3. The largest absolute Gasteiger partial charge is 0.290 e. The van der Waals surface area contributed by atoms with Gasteiger partial charge in [-0.2, -0.15) is 0 Å². The number of aromatic nitrogens is 3. The summed E-state index contributed by atoms with van der Waals surface area (Å²) in [6.07, 6.45) is 7.49. The summed E-state index contributed by atoms with van der Waals surface area (Å²) in [6.45, 7) is 0. The molecule has 4 heteroatoms. The molecule has 3 heterocycles. The molecule has 0 fully saturated rings. The molecular formula is C47H29N3S. The van der Waals surface area contributed by atoms with Gasteiger partial charge in [-0.05, 0) is 80.6 Å². The van der Waals surface area contributed by atoms with Crippen molar-refractivity contribution < 1.29 is 0 Å². The first kappa shape index (κ1) is 27.7. The van der Waals surface area contributed by atoms with Gasteiger partial charge >= 0.3 is 0 Å². The third-order valence-electron chi connectivity index (χ3n) is 11.2. The monoisotopic (exact) mass is 667 g/mol. The number of thiophene rings is 1. The van der Waals surface area contributed by atoms with Gasteiger partial charge in [0.05, 0.1) is 27.1 Å². The quantitative estimate of drug-likeness (QED) is 0.184. The van der Waals surface area contributed by atoms with E-state index in [1.54, 1.807) is 0 Å². The fourth-order valence-corrected chi connectivity index (χ4v) is 10.2. The molecule has 0 saturated heterocycles. The maximum atomic E-state index is 5.74. The van der Waals surface area contributed by atoms with E-state index in [1.165, 1.54) is 79.9 Å². The van der Waals surface area contributed by atoms with Crippen LogP contribution in [0.3, 0.4) is 0 Å². The van der Waals surface area contributed by atoms with Crippen LogP contribution in [0.1, 0.15) is 24.2 Å². The second kappa shape index (κ2) is 10.2. The normalized spacial score (nSPS) is 14.3. The molecule has 0 aliphatic heterocycles. The van der Waals surface area contributed by atoms with Gasteiger partial charge in [0.25, 0.3) is 0 Å². The van der Waals surface area contributed by atoms with Gasteiger partial charge < -0.3 is 0 Å². The molecule has 12 rings (SSSR count). The first-order chi connectivity index (χ1) is 25.3. The van der Waals surface area contributed by atoms with E-state index in [0.717, 1.165) is 53.2 Å². The topological polar surface area (TPSA) is 30.7 Å². The molecular weight excluding hydrogens is 639 g/mol. The number of hydrogen-bond acceptors (Lipinski definition) is 3. The highest BCUT2D eigenvalue weighted by Gasteiger charge is 2.30. The Balaban J connectivity index is 1.29. The van der Waals surface area contributed by atoms with Gasteiger partial charge in [-0.1, -0.05) is 115 Å². The molecule has 2 aliphatic rings. The smallest absolute Gasteiger partial charge is 0.165 e. The molecule has 0 spiro atoms. The average Bonchev–Trinajstić information content (AvgIpc) is 3.85. The Bertz CT molecular complexity index is 3230. The van der Waals surface area contributed by atoms with Gasteiger partial charge in [0.1, 0.15) is 5.69 Å². The van der Waals surface area contributed by atoms with Crippen LogP contribution in [0.4, 0.5) is 0 Å². The summed E-state index contributed by atoms with van der Waals surface area (Å²) in [7, 11) is 0. The van der Waals surface area contributed by atoms with Gasteiger partial charge in [0.15, 0.2) is 5.82 Å². The second-order valence-electron chi connectivity index (χ2n) is 14.0. The highest BCUT2D eigenvalue weighted by atomic mass is 32.1. The fourth-order valence-electron chi connectivity index (χ4n) is 8.93. The second-order valence-corrected chi connectivity index (χ2v) is 15.1. The molecule has 7 aromatic carbocycles. The van der Waals surface area contributed by atoms with Crippen LogP contribution in [-0.4, -0.2) is 14.5 Å². The van der Waals surface area contributed by atoms with E-state index >= 15 is 0 Å². The molecule has 51 heavy (non-hydrogen) atoms.